The van der Waals surface area contributed by atoms with Crippen molar-refractivity contribution in [3.63, 3.8) is 0 Å². The van der Waals surface area contributed by atoms with Crippen molar-refractivity contribution in [1.29, 1.82) is 0 Å². The first-order chi connectivity index (χ1) is 17.5. The van der Waals surface area contributed by atoms with Gasteiger partial charge in [-0.25, -0.2) is 9.78 Å². The van der Waals surface area contributed by atoms with Gasteiger partial charge in [-0.2, -0.15) is 5.10 Å². The first kappa shape index (κ1) is 24.1. The zero-order valence-electron chi connectivity index (χ0n) is 19.9. The molecule has 4 aromatic rings. The van der Waals surface area contributed by atoms with E-state index in [9.17, 15) is 9.90 Å². The van der Waals surface area contributed by atoms with Crippen molar-refractivity contribution in [3.05, 3.63) is 77.0 Å². The molecule has 2 aromatic carbocycles. The monoisotopic (exact) mass is 509 g/mol. The van der Waals surface area contributed by atoms with Crippen molar-refractivity contribution in [2.45, 2.75) is 38.5 Å². The van der Waals surface area contributed by atoms with Crippen molar-refractivity contribution >= 4 is 28.6 Å². The molecule has 9 nitrogen and oxygen atoms in total. The zero-order chi connectivity index (χ0) is 25.1. The number of hydrogen-bond donors (Lipinski definition) is 2. The average Bonchev–Trinajstić information content (AvgIpc) is 3.51. The third-order valence-corrected chi connectivity index (χ3v) is 6.61. The molecule has 1 aliphatic heterocycles. The zero-order valence-corrected chi connectivity index (χ0v) is 20.7. The molecular formula is C26H28ClN5O4. The lowest BCUT2D eigenvalue weighted by atomic mass is 9.92. The number of ether oxygens (including phenoxy) is 2. The van der Waals surface area contributed by atoms with Crippen LogP contribution in [-0.4, -0.2) is 61.7 Å². The van der Waals surface area contributed by atoms with E-state index in [2.05, 4.69) is 15.1 Å². The number of nitrogens with zero attached hydrogens (tertiary/aromatic N) is 4. The van der Waals surface area contributed by atoms with Crippen LogP contribution in [0.2, 0.25) is 5.02 Å². The predicted octanol–water partition coefficient (Wildman–Crippen LogP) is 4.35. The Morgan fingerprint density at radius 3 is 2.86 bits per heavy atom. The maximum atomic E-state index is 12.9. The van der Waals surface area contributed by atoms with Crippen molar-refractivity contribution < 1.29 is 19.4 Å². The van der Waals surface area contributed by atoms with Gasteiger partial charge < -0.3 is 19.6 Å². The SMILES string of the molecule is CCOC(=O)N1CCc2c([nH]c3ccc(Cl)cc23)[C@@H]1c1ccc(OCCC(O)Cn2cncn2)cc1. The van der Waals surface area contributed by atoms with Gasteiger partial charge in [0.05, 0.1) is 25.9 Å². The normalized spacial score (nSPS) is 16.1. The minimum Gasteiger partial charge on any atom is -0.493 e. The number of amides is 1. The molecule has 36 heavy (non-hydrogen) atoms. The van der Waals surface area contributed by atoms with Gasteiger partial charge >= 0.3 is 6.09 Å². The van der Waals surface area contributed by atoms with Gasteiger partial charge in [0, 0.05) is 34.6 Å². The number of hydrogen-bond acceptors (Lipinski definition) is 6. The molecule has 2 aromatic heterocycles. The summed E-state index contributed by atoms with van der Waals surface area (Å²) < 4.78 is 12.8. The number of aromatic nitrogens is 4. The average molecular weight is 510 g/mol. The number of aliphatic hydroxyl groups excluding tert-OH is 1. The summed E-state index contributed by atoms with van der Waals surface area (Å²) in [6.45, 7) is 3.39. The summed E-state index contributed by atoms with van der Waals surface area (Å²) in [6.07, 6.45) is 3.26. The number of rotatable bonds is 8. The van der Waals surface area contributed by atoms with Crippen LogP contribution in [0.3, 0.4) is 0 Å². The third kappa shape index (κ3) is 5.03. The Labute approximate surface area is 213 Å². The number of halogens is 1. The second-order valence-corrected chi connectivity index (χ2v) is 9.17. The van der Waals surface area contributed by atoms with Crippen molar-refractivity contribution in [2.75, 3.05) is 19.8 Å². The number of nitrogens with one attached hydrogen (secondary N) is 1. The second kappa shape index (κ2) is 10.6. The summed E-state index contributed by atoms with van der Waals surface area (Å²) in [4.78, 5) is 22.0. The summed E-state index contributed by atoms with van der Waals surface area (Å²) >= 11 is 6.27. The topological polar surface area (TPSA) is 106 Å². The van der Waals surface area contributed by atoms with E-state index in [-0.39, 0.29) is 12.1 Å². The fourth-order valence-corrected chi connectivity index (χ4v) is 4.88. The van der Waals surface area contributed by atoms with Crippen LogP contribution in [0.1, 0.15) is 36.2 Å². The van der Waals surface area contributed by atoms with Gasteiger partial charge in [0.2, 0.25) is 0 Å². The summed E-state index contributed by atoms with van der Waals surface area (Å²) in [5, 5.41) is 15.9. The first-order valence-electron chi connectivity index (χ1n) is 12.0. The van der Waals surface area contributed by atoms with Crippen LogP contribution in [-0.2, 0) is 17.7 Å². The Morgan fingerprint density at radius 1 is 1.28 bits per heavy atom. The highest BCUT2D eigenvalue weighted by atomic mass is 35.5. The first-order valence-corrected chi connectivity index (χ1v) is 12.4. The van der Waals surface area contributed by atoms with Gasteiger partial charge in [-0.1, -0.05) is 23.7 Å². The van der Waals surface area contributed by atoms with E-state index in [4.69, 9.17) is 21.1 Å². The molecule has 0 radical (unpaired) electrons. The molecule has 0 bridgehead atoms. The van der Waals surface area contributed by atoms with Crippen molar-refractivity contribution in [3.8, 4) is 5.75 Å². The summed E-state index contributed by atoms with van der Waals surface area (Å²) in [7, 11) is 0. The Morgan fingerprint density at radius 2 is 2.11 bits per heavy atom. The number of H-pyrrole nitrogens is 1. The van der Waals surface area contributed by atoms with Gasteiger partial charge in [0.15, 0.2) is 0 Å². The Balaban J connectivity index is 1.34. The molecule has 1 amide bonds. The van der Waals surface area contributed by atoms with Crippen LogP contribution in [0.15, 0.2) is 55.1 Å². The minimum atomic E-state index is -0.583. The lowest BCUT2D eigenvalue weighted by Crippen LogP contribution is -2.40. The molecule has 2 N–H and O–H groups in total. The minimum absolute atomic E-state index is 0.312. The smallest absolute Gasteiger partial charge is 0.410 e. The van der Waals surface area contributed by atoms with E-state index < -0.39 is 6.10 Å². The summed E-state index contributed by atoms with van der Waals surface area (Å²) in [5.74, 6) is 0.689. The van der Waals surface area contributed by atoms with Crippen LogP contribution in [0.25, 0.3) is 10.9 Å². The number of aliphatic hydroxyl groups is 1. The van der Waals surface area contributed by atoms with Crippen molar-refractivity contribution in [1.82, 2.24) is 24.6 Å². The molecule has 2 atom stereocenters. The standard InChI is InChI=1S/C26H28ClN5O4/c1-2-35-26(34)32-11-9-21-22-13-18(27)5-8-23(22)30-24(21)25(32)17-3-6-20(7-4-17)36-12-10-19(33)14-31-16-28-15-29-31/h3-8,13,15-16,19,25,30,33H,2,9-12,14H2,1H3/t19?,25-/m0/s1. The third-order valence-electron chi connectivity index (χ3n) is 6.37. The van der Waals surface area contributed by atoms with E-state index in [0.29, 0.717) is 49.9 Å². The Kier molecular flexibility index (Phi) is 7.11. The number of carbonyl (C=O) groups excluding carboxylic acids is 1. The Bertz CT molecular complexity index is 1320. The van der Waals surface area contributed by atoms with Gasteiger partial charge in [-0.05, 0) is 54.8 Å². The number of aromatic amines is 1. The lowest BCUT2D eigenvalue weighted by molar-refractivity contribution is 0.0932. The molecule has 0 saturated carbocycles. The van der Waals surface area contributed by atoms with Crippen LogP contribution >= 0.6 is 11.6 Å². The second-order valence-electron chi connectivity index (χ2n) is 8.73. The number of carbonyl (C=O) groups is 1. The van der Waals surface area contributed by atoms with E-state index in [1.54, 1.807) is 15.9 Å². The lowest BCUT2D eigenvalue weighted by Gasteiger charge is -2.35. The number of benzene rings is 2. The molecule has 10 heteroatoms. The number of fused-ring (bicyclic) bond motifs is 3. The summed E-state index contributed by atoms with van der Waals surface area (Å²) in [5.41, 5.74) is 4.07. The molecular weight excluding hydrogens is 482 g/mol. The molecule has 3 heterocycles. The van der Waals surface area contributed by atoms with Crippen molar-refractivity contribution in [2.24, 2.45) is 0 Å². The molecule has 0 spiro atoms. The fraction of sp³-hybridized carbons (Fsp3) is 0.346. The van der Waals surface area contributed by atoms with E-state index in [1.165, 1.54) is 11.9 Å². The molecule has 0 fully saturated rings. The highest BCUT2D eigenvalue weighted by Gasteiger charge is 2.35. The molecule has 188 valence electrons. The molecule has 1 unspecified atom stereocenters. The van der Waals surface area contributed by atoms with Crippen LogP contribution in [0, 0.1) is 0 Å². The van der Waals surface area contributed by atoms with Gasteiger partial charge in [-0.3, -0.25) is 9.58 Å². The summed E-state index contributed by atoms with van der Waals surface area (Å²) in [6, 6.07) is 13.2. The van der Waals surface area contributed by atoms with Gasteiger partial charge in [-0.15, -0.1) is 0 Å². The van der Waals surface area contributed by atoms with Crippen LogP contribution in [0.4, 0.5) is 4.79 Å². The quantitative estimate of drug-likeness (QED) is 0.366. The predicted molar refractivity (Wildman–Crippen MR) is 135 cm³/mol. The van der Waals surface area contributed by atoms with Gasteiger partial charge in [0.1, 0.15) is 24.4 Å². The molecule has 5 rings (SSSR count). The largest absolute Gasteiger partial charge is 0.493 e. The van der Waals surface area contributed by atoms with E-state index in [0.717, 1.165) is 22.2 Å². The van der Waals surface area contributed by atoms with Crippen LogP contribution in [0.5, 0.6) is 5.75 Å². The Hall–Kier alpha value is -3.56. The maximum absolute atomic E-state index is 12.9. The maximum Gasteiger partial charge on any atom is 0.410 e. The highest BCUT2D eigenvalue weighted by Crippen LogP contribution is 2.39. The molecule has 0 saturated heterocycles. The van der Waals surface area contributed by atoms with Gasteiger partial charge in [0.25, 0.3) is 0 Å². The highest BCUT2D eigenvalue weighted by molar-refractivity contribution is 6.31. The van der Waals surface area contributed by atoms with E-state index >= 15 is 0 Å². The molecule has 1 aliphatic rings. The fourth-order valence-electron chi connectivity index (χ4n) is 4.70. The van der Waals surface area contributed by atoms with E-state index in [1.807, 2.05) is 49.4 Å². The van der Waals surface area contributed by atoms with Crippen LogP contribution < -0.4 is 4.74 Å². The molecule has 0 aliphatic carbocycles.